The molecule has 1 amide bonds. The Morgan fingerprint density at radius 1 is 1.06 bits per heavy atom. The number of carbonyl (C=O) groups is 3. The fourth-order valence-electron chi connectivity index (χ4n) is 4.06. The summed E-state index contributed by atoms with van der Waals surface area (Å²) in [5.74, 6) is -0.998. The van der Waals surface area contributed by atoms with Crippen molar-refractivity contribution < 1.29 is 19.1 Å². The number of aryl methyl sites for hydroxylation is 1. The highest BCUT2D eigenvalue weighted by molar-refractivity contribution is 6.30. The number of aromatic nitrogens is 1. The van der Waals surface area contributed by atoms with E-state index in [2.05, 4.69) is 4.98 Å². The molecule has 2 heterocycles. The number of hydrogen-bond donors (Lipinski definition) is 1. The van der Waals surface area contributed by atoms with Crippen LogP contribution in [0.3, 0.4) is 0 Å². The quantitative estimate of drug-likeness (QED) is 0.472. The fraction of sp³-hybridized carbons (Fsp3) is 0.292. The van der Waals surface area contributed by atoms with Crippen molar-refractivity contribution in [2.45, 2.75) is 19.8 Å². The molecule has 1 fully saturated rings. The molecule has 0 unspecified atom stereocenters. The molecule has 6 nitrogen and oxygen atoms in total. The minimum absolute atomic E-state index is 0.0755. The van der Waals surface area contributed by atoms with Gasteiger partial charge in [-0.15, -0.1) is 0 Å². The minimum Gasteiger partial charge on any atom is -0.457 e. The monoisotopic (exact) mass is 438 g/mol. The van der Waals surface area contributed by atoms with E-state index < -0.39 is 0 Å². The number of nitrogens with one attached hydrogen (secondary N) is 1. The number of piperidine rings is 1. The van der Waals surface area contributed by atoms with Crippen molar-refractivity contribution in [3.8, 4) is 0 Å². The molecule has 160 valence electrons. The Morgan fingerprint density at radius 2 is 1.74 bits per heavy atom. The summed E-state index contributed by atoms with van der Waals surface area (Å²) >= 11 is 5.88. The number of para-hydroxylation sites is 1. The summed E-state index contributed by atoms with van der Waals surface area (Å²) in [6.07, 6.45) is 1.02. The Morgan fingerprint density at radius 3 is 2.45 bits per heavy atom. The molecular weight excluding hydrogens is 416 g/mol. The number of nitrogens with zero attached hydrogens (tertiary/aromatic N) is 1. The van der Waals surface area contributed by atoms with Gasteiger partial charge in [-0.3, -0.25) is 14.4 Å². The predicted molar refractivity (Wildman–Crippen MR) is 118 cm³/mol. The van der Waals surface area contributed by atoms with Crippen LogP contribution in [0.4, 0.5) is 0 Å². The molecule has 31 heavy (non-hydrogen) atoms. The van der Waals surface area contributed by atoms with Crippen LogP contribution >= 0.6 is 11.6 Å². The molecule has 1 aromatic heterocycles. The van der Waals surface area contributed by atoms with Crippen molar-refractivity contribution in [2.75, 3.05) is 19.7 Å². The van der Waals surface area contributed by atoms with E-state index >= 15 is 0 Å². The Labute approximate surface area is 185 Å². The van der Waals surface area contributed by atoms with Crippen LogP contribution in [0.2, 0.25) is 5.02 Å². The van der Waals surface area contributed by atoms with E-state index in [-0.39, 0.29) is 30.2 Å². The van der Waals surface area contributed by atoms with Crippen LogP contribution in [0, 0.1) is 12.8 Å². The second-order valence-corrected chi connectivity index (χ2v) is 8.21. The van der Waals surface area contributed by atoms with E-state index in [1.165, 1.54) is 0 Å². The van der Waals surface area contributed by atoms with Gasteiger partial charge in [-0.1, -0.05) is 29.8 Å². The van der Waals surface area contributed by atoms with Gasteiger partial charge >= 0.3 is 5.97 Å². The second kappa shape index (κ2) is 8.94. The molecule has 0 spiro atoms. The number of rotatable bonds is 5. The highest BCUT2D eigenvalue weighted by Crippen LogP contribution is 2.24. The summed E-state index contributed by atoms with van der Waals surface area (Å²) in [6.45, 7) is 2.49. The number of hydrogen-bond acceptors (Lipinski definition) is 4. The first-order valence-corrected chi connectivity index (χ1v) is 10.6. The molecule has 1 saturated heterocycles. The van der Waals surface area contributed by atoms with Crippen molar-refractivity contribution >= 4 is 40.2 Å². The maximum atomic E-state index is 12.7. The van der Waals surface area contributed by atoms with Gasteiger partial charge in [0.05, 0.1) is 5.92 Å². The lowest BCUT2D eigenvalue weighted by atomic mass is 9.96. The van der Waals surface area contributed by atoms with Gasteiger partial charge in [0.2, 0.25) is 5.78 Å². The third-order valence-corrected chi connectivity index (χ3v) is 5.98. The number of Topliss-reactive ketones (excluding diaryl/α,β-unsaturated/α-hetero) is 1. The summed E-state index contributed by atoms with van der Waals surface area (Å²) in [5.41, 5.74) is 2.78. The summed E-state index contributed by atoms with van der Waals surface area (Å²) < 4.78 is 5.34. The van der Waals surface area contributed by atoms with Crippen LogP contribution in [-0.4, -0.2) is 47.2 Å². The first-order chi connectivity index (χ1) is 14.9. The van der Waals surface area contributed by atoms with Crippen LogP contribution in [0.15, 0.2) is 48.5 Å². The minimum atomic E-state index is -0.385. The number of amides is 1. The topological polar surface area (TPSA) is 79.5 Å². The maximum Gasteiger partial charge on any atom is 0.309 e. The largest absolute Gasteiger partial charge is 0.457 e. The van der Waals surface area contributed by atoms with Gasteiger partial charge in [0.15, 0.2) is 6.61 Å². The fourth-order valence-corrected chi connectivity index (χ4v) is 4.18. The number of benzene rings is 2. The number of likely N-dealkylation sites (tertiary alicyclic amines) is 1. The number of esters is 1. The SMILES string of the molecule is Cc1[nH]c2ccccc2c1C(=O)COC(=O)C1CCN(C(=O)c2ccc(Cl)cc2)CC1. The smallest absolute Gasteiger partial charge is 0.309 e. The van der Waals surface area contributed by atoms with Crippen LogP contribution < -0.4 is 0 Å². The van der Waals surface area contributed by atoms with Crippen molar-refractivity contribution in [1.29, 1.82) is 0 Å². The molecule has 2 aromatic carbocycles. The Bertz CT molecular complexity index is 1130. The van der Waals surface area contributed by atoms with Crippen LogP contribution in [0.1, 0.15) is 39.3 Å². The zero-order valence-electron chi connectivity index (χ0n) is 17.2. The Hall–Kier alpha value is -3.12. The average Bonchev–Trinajstić information content (AvgIpc) is 3.13. The van der Waals surface area contributed by atoms with Gasteiger partial charge in [-0.25, -0.2) is 0 Å². The molecular formula is C24H23ClN2O4. The van der Waals surface area contributed by atoms with E-state index in [1.54, 1.807) is 29.2 Å². The second-order valence-electron chi connectivity index (χ2n) is 7.77. The molecule has 0 radical (unpaired) electrons. The molecule has 0 aliphatic carbocycles. The maximum absolute atomic E-state index is 12.7. The van der Waals surface area contributed by atoms with Gasteiger partial charge in [0.25, 0.3) is 5.91 Å². The van der Waals surface area contributed by atoms with E-state index in [1.807, 2.05) is 31.2 Å². The van der Waals surface area contributed by atoms with E-state index in [0.717, 1.165) is 16.6 Å². The lowest BCUT2D eigenvalue weighted by Crippen LogP contribution is -2.40. The highest BCUT2D eigenvalue weighted by Gasteiger charge is 2.29. The number of fused-ring (bicyclic) bond motifs is 1. The lowest BCUT2D eigenvalue weighted by Gasteiger charge is -2.31. The third-order valence-electron chi connectivity index (χ3n) is 5.72. The number of halogens is 1. The summed E-state index contributed by atoms with van der Waals surface area (Å²) in [6, 6.07) is 14.3. The van der Waals surface area contributed by atoms with Gasteiger partial charge in [0, 0.05) is 45.8 Å². The van der Waals surface area contributed by atoms with Gasteiger partial charge < -0.3 is 14.6 Å². The van der Waals surface area contributed by atoms with E-state index in [9.17, 15) is 14.4 Å². The standard InChI is InChI=1S/C24H23ClN2O4/c1-15-22(19-4-2-3-5-20(19)26-15)21(28)14-31-24(30)17-10-12-27(13-11-17)23(29)16-6-8-18(25)9-7-16/h2-9,17,26H,10-14H2,1H3. The Kier molecular flexibility index (Phi) is 6.09. The molecule has 4 rings (SSSR count). The first kappa shape index (κ1) is 21.1. The van der Waals surface area contributed by atoms with E-state index in [0.29, 0.717) is 42.1 Å². The highest BCUT2D eigenvalue weighted by atomic mass is 35.5. The summed E-state index contributed by atoms with van der Waals surface area (Å²) in [7, 11) is 0. The van der Waals surface area contributed by atoms with Gasteiger partial charge in [-0.2, -0.15) is 0 Å². The predicted octanol–water partition coefficient (Wildman–Crippen LogP) is 4.41. The number of ether oxygens (including phenoxy) is 1. The molecule has 0 atom stereocenters. The molecule has 3 aromatic rings. The number of aromatic amines is 1. The molecule has 0 saturated carbocycles. The van der Waals surface area contributed by atoms with Crippen LogP contribution in [0.5, 0.6) is 0 Å². The molecule has 1 aliphatic heterocycles. The van der Waals surface area contributed by atoms with E-state index in [4.69, 9.17) is 16.3 Å². The van der Waals surface area contributed by atoms with Crippen molar-refractivity contribution in [3.05, 3.63) is 70.4 Å². The van der Waals surface area contributed by atoms with Crippen LogP contribution in [-0.2, 0) is 9.53 Å². The van der Waals surface area contributed by atoms with Crippen molar-refractivity contribution in [2.24, 2.45) is 5.92 Å². The molecule has 0 bridgehead atoms. The Balaban J connectivity index is 1.31. The van der Waals surface area contributed by atoms with Crippen molar-refractivity contribution in [3.63, 3.8) is 0 Å². The molecule has 7 heteroatoms. The van der Waals surface area contributed by atoms with Crippen LogP contribution in [0.25, 0.3) is 10.9 Å². The number of ketones is 1. The summed E-state index contributed by atoms with van der Waals surface area (Å²) in [4.78, 5) is 42.7. The number of H-pyrrole nitrogens is 1. The summed E-state index contributed by atoms with van der Waals surface area (Å²) in [5, 5.41) is 1.41. The van der Waals surface area contributed by atoms with Gasteiger partial charge in [-0.05, 0) is 50.1 Å². The van der Waals surface area contributed by atoms with Gasteiger partial charge in [0.1, 0.15) is 0 Å². The zero-order valence-corrected chi connectivity index (χ0v) is 17.9. The normalized spacial score (nSPS) is 14.6. The molecule has 1 aliphatic rings. The molecule has 1 N–H and O–H groups in total. The zero-order chi connectivity index (χ0) is 22.0. The van der Waals surface area contributed by atoms with Crippen molar-refractivity contribution in [1.82, 2.24) is 9.88 Å². The number of carbonyl (C=O) groups excluding carboxylic acids is 3. The third kappa shape index (κ3) is 4.49. The average molecular weight is 439 g/mol. The first-order valence-electron chi connectivity index (χ1n) is 10.3. The lowest BCUT2D eigenvalue weighted by molar-refractivity contribution is -0.148.